The van der Waals surface area contributed by atoms with Crippen molar-refractivity contribution >= 4 is 11.6 Å². The maximum Gasteiger partial charge on any atom is 0.259 e. The molecule has 0 aliphatic heterocycles. The quantitative estimate of drug-likeness (QED) is 0.524. The lowest BCUT2D eigenvalue weighted by atomic mass is 10.1. The molecular formula is C23H19N3O2. The van der Waals surface area contributed by atoms with Crippen LogP contribution in [0.4, 0.5) is 5.69 Å². The van der Waals surface area contributed by atoms with Crippen LogP contribution >= 0.6 is 0 Å². The molecule has 0 aliphatic rings. The van der Waals surface area contributed by atoms with Crippen LogP contribution in [0.1, 0.15) is 22.8 Å². The molecule has 0 bridgehead atoms. The second-order valence-electron chi connectivity index (χ2n) is 6.34. The first-order valence-corrected chi connectivity index (χ1v) is 9.13. The van der Waals surface area contributed by atoms with Gasteiger partial charge < -0.3 is 9.84 Å². The zero-order valence-corrected chi connectivity index (χ0v) is 15.4. The number of hydrogen-bond donors (Lipinski definition) is 1. The predicted octanol–water partition coefficient (Wildman–Crippen LogP) is 5.22. The molecule has 3 aromatic carbocycles. The number of anilines is 1. The van der Waals surface area contributed by atoms with E-state index in [2.05, 4.69) is 22.4 Å². The van der Waals surface area contributed by atoms with Gasteiger partial charge in [-0.3, -0.25) is 4.79 Å². The van der Waals surface area contributed by atoms with Crippen LogP contribution in [0.5, 0.6) is 0 Å². The minimum atomic E-state index is -0.223. The van der Waals surface area contributed by atoms with Crippen LogP contribution in [0.2, 0.25) is 0 Å². The lowest BCUT2D eigenvalue weighted by Crippen LogP contribution is -2.13. The molecule has 1 amide bonds. The van der Waals surface area contributed by atoms with Gasteiger partial charge in [0.05, 0.1) is 11.1 Å². The molecule has 1 N–H and O–H groups in total. The third-order valence-corrected chi connectivity index (χ3v) is 4.48. The number of nitrogens with zero attached hydrogens (tertiary/aromatic N) is 2. The van der Waals surface area contributed by atoms with E-state index in [1.807, 2.05) is 66.7 Å². The Labute approximate surface area is 163 Å². The van der Waals surface area contributed by atoms with E-state index < -0.39 is 0 Å². The topological polar surface area (TPSA) is 68.0 Å². The smallest absolute Gasteiger partial charge is 0.259 e. The van der Waals surface area contributed by atoms with Crippen molar-refractivity contribution in [3.63, 3.8) is 0 Å². The number of hydrogen-bond acceptors (Lipinski definition) is 4. The second-order valence-corrected chi connectivity index (χ2v) is 6.34. The first-order valence-electron chi connectivity index (χ1n) is 9.13. The average molecular weight is 369 g/mol. The molecule has 0 atom stereocenters. The van der Waals surface area contributed by atoms with Gasteiger partial charge in [0.15, 0.2) is 0 Å². The summed E-state index contributed by atoms with van der Waals surface area (Å²) in [5.41, 5.74) is 3.89. The highest BCUT2D eigenvalue weighted by atomic mass is 16.5. The summed E-state index contributed by atoms with van der Waals surface area (Å²) in [6.07, 6.45) is 0.956. The van der Waals surface area contributed by atoms with Gasteiger partial charge in [0.2, 0.25) is 5.82 Å². The average Bonchev–Trinajstić information content (AvgIpc) is 3.25. The van der Waals surface area contributed by atoms with E-state index in [-0.39, 0.29) is 5.91 Å². The first-order chi connectivity index (χ1) is 13.7. The zero-order chi connectivity index (χ0) is 19.3. The molecule has 0 saturated carbocycles. The van der Waals surface area contributed by atoms with E-state index in [9.17, 15) is 4.79 Å². The van der Waals surface area contributed by atoms with Crippen LogP contribution in [0.15, 0.2) is 83.4 Å². The normalized spacial score (nSPS) is 10.6. The van der Waals surface area contributed by atoms with Crippen molar-refractivity contribution in [1.29, 1.82) is 0 Å². The van der Waals surface area contributed by atoms with Gasteiger partial charge in [-0.15, -0.1) is 0 Å². The summed E-state index contributed by atoms with van der Waals surface area (Å²) in [7, 11) is 0. The van der Waals surface area contributed by atoms with Crippen LogP contribution < -0.4 is 5.32 Å². The molecule has 5 nitrogen and oxygen atoms in total. The fourth-order valence-electron chi connectivity index (χ4n) is 2.93. The predicted molar refractivity (Wildman–Crippen MR) is 109 cm³/mol. The van der Waals surface area contributed by atoms with Crippen molar-refractivity contribution in [3.8, 4) is 22.8 Å². The Kier molecular flexibility index (Phi) is 4.97. The van der Waals surface area contributed by atoms with Gasteiger partial charge in [0.25, 0.3) is 11.8 Å². The Morgan fingerprint density at radius 2 is 1.64 bits per heavy atom. The highest BCUT2D eigenvalue weighted by molar-refractivity contribution is 6.08. The van der Waals surface area contributed by atoms with E-state index in [0.29, 0.717) is 22.8 Å². The number of rotatable bonds is 5. The van der Waals surface area contributed by atoms with Crippen LogP contribution in [0, 0.1) is 0 Å². The Bertz CT molecular complexity index is 1090. The SMILES string of the molecule is CCc1ccc(NC(=O)c2ccccc2-c2nc(-c3ccccc3)no2)cc1. The Balaban J connectivity index is 1.61. The van der Waals surface area contributed by atoms with Gasteiger partial charge in [0.1, 0.15) is 0 Å². The molecule has 0 aliphatic carbocycles. The minimum absolute atomic E-state index is 0.223. The van der Waals surface area contributed by atoms with Crippen LogP contribution in [0.25, 0.3) is 22.8 Å². The third kappa shape index (κ3) is 3.69. The summed E-state index contributed by atoms with van der Waals surface area (Å²) >= 11 is 0. The van der Waals surface area contributed by atoms with Crippen molar-refractivity contribution in [2.75, 3.05) is 5.32 Å². The van der Waals surface area contributed by atoms with Gasteiger partial charge >= 0.3 is 0 Å². The molecule has 5 heteroatoms. The number of nitrogens with one attached hydrogen (secondary N) is 1. The lowest BCUT2D eigenvalue weighted by Gasteiger charge is -2.08. The van der Waals surface area contributed by atoms with E-state index in [1.54, 1.807) is 12.1 Å². The molecule has 0 saturated heterocycles. The van der Waals surface area contributed by atoms with Crippen molar-refractivity contribution in [1.82, 2.24) is 10.1 Å². The summed E-state index contributed by atoms with van der Waals surface area (Å²) in [6, 6.07) is 24.6. The van der Waals surface area contributed by atoms with Crippen molar-refractivity contribution < 1.29 is 9.32 Å². The van der Waals surface area contributed by atoms with E-state index in [4.69, 9.17) is 4.52 Å². The summed E-state index contributed by atoms with van der Waals surface area (Å²) < 4.78 is 5.44. The fourth-order valence-corrected chi connectivity index (χ4v) is 2.93. The minimum Gasteiger partial charge on any atom is -0.334 e. The maximum atomic E-state index is 12.8. The summed E-state index contributed by atoms with van der Waals surface area (Å²) in [4.78, 5) is 17.3. The highest BCUT2D eigenvalue weighted by Gasteiger charge is 2.18. The molecule has 0 spiro atoms. The number of amides is 1. The number of carbonyl (C=O) groups is 1. The van der Waals surface area contributed by atoms with Crippen LogP contribution in [0.3, 0.4) is 0 Å². The molecule has 1 heterocycles. The number of benzene rings is 3. The van der Waals surface area contributed by atoms with E-state index in [0.717, 1.165) is 17.7 Å². The largest absolute Gasteiger partial charge is 0.334 e. The molecule has 0 radical (unpaired) electrons. The van der Waals surface area contributed by atoms with Crippen LogP contribution in [-0.2, 0) is 6.42 Å². The summed E-state index contributed by atoms with van der Waals surface area (Å²) in [5.74, 6) is 0.575. The van der Waals surface area contributed by atoms with E-state index in [1.165, 1.54) is 5.56 Å². The van der Waals surface area contributed by atoms with Gasteiger partial charge in [0, 0.05) is 11.3 Å². The molecule has 4 aromatic rings. The molecule has 4 rings (SSSR count). The second kappa shape index (κ2) is 7.88. The highest BCUT2D eigenvalue weighted by Crippen LogP contribution is 2.26. The Hall–Kier alpha value is -3.73. The van der Waals surface area contributed by atoms with Gasteiger partial charge in [-0.2, -0.15) is 4.98 Å². The maximum absolute atomic E-state index is 12.8. The number of aromatic nitrogens is 2. The first kappa shape index (κ1) is 17.7. The molecular weight excluding hydrogens is 350 g/mol. The lowest BCUT2D eigenvalue weighted by molar-refractivity contribution is 0.102. The number of carbonyl (C=O) groups excluding carboxylic acids is 1. The van der Waals surface area contributed by atoms with E-state index >= 15 is 0 Å². The molecule has 0 fully saturated rings. The van der Waals surface area contributed by atoms with Gasteiger partial charge in [-0.05, 0) is 36.2 Å². The Morgan fingerprint density at radius 3 is 2.39 bits per heavy atom. The van der Waals surface area contributed by atoms with Crippen LogP contribution in [-0.4, -0.2) is 16.0 Å². The Morgan fingerprint density at radius 1 is 0.929 bits per heavy atom. The van der Waals surface area contributed by atoms with Gasteiger partial charge in [-0.1, -0.05) is 66.7 Å². The monoisotopic (exact) mass is 369 g/mol. The molecule has 138 valence electrons. The standard InChI is InChI=1S/C23H19N3O2/c1-2-16-12-14-18(15-13-16)24-22(27)19-10-6-7-11-20(19)23-25-21(26-28-23)17-8-4-3-5-9-17/h3-15H,2H2,1H3,(H,24,27). The summed E-state index contributed by atoms with van der Waals surface area (Å²) in [5, 5.41) is 6.98. The van der Waals surface area contributed by atoms with Crippen molar-refractivity contribution in [2.45, 2.75) is 13.3 Å². The molecule has 28 heavy (non-hydrogen) atoms. The molecule has 0 unspecified atom stereocenters. The summed E-state index contributed by atoms with van der Waals surface area (Å²) in [6.45, 7) is 2.10. The van der Waals surface area contributed by atoms with Gasteiger partial charge in [-0.25, -0.2) is 0 Å². The third-order valence-electron chi connectivity index (χ3n) is 4.48. The molecule has 1 aromatic heterocycles. The fraction of sp³-hybridized carbons (Fsp3) is 0.0870. The van der Waals surface area contributed by atoms with Crippen molar-refractivity contribution in [3.05, 3.63) is 90.0 Å². The van der Waals surface area contributed by atoms with Crippen molar-refractivity contribution in [2.24, 2.45) is 0 Å². The zero-order valence-electron chi connectivity index (χ0n) is 15.4. The number of aryl methyl sites for hydroxylation is 1.